The second-order valence-corrected chi connectivity index (χ2v) is 14.8. The quantitative estimate of drug-likeness (QED) is 0.0861. The number of para-hydroxylation sites is 1. The van der Waals surface area contributed by atoms with E-state index in [0.717, 1.165) is 37.6 Å². The molecule has 3 heterocycles. The van der Waals surface area contributed by atoms with Gasteiger partial charge in [-0.15, -0.1) is 0 Å². The van der Waals surface area contributed by atoms with E-state index in [0.29, 0.717) is 78.5 Å². The smallest absolute Gasteiger partial charge is 0.431 e. The molecule has 0 radical (unpaired) electrons. The summed E-state index contributed by atoms with van der Waals surface area (Å²) >= 11 is 7.48. The molecule has 1 aliphatic heterocycles. The number of piperazine rings is 1. The Labute approximate surface area is 335 Å². The van der Waals surface area contributed by atoms with E-state index in [1.165, 1.54) is 17.5 Å². The number of aromatic nitrogens is 3. The molecule has 2 aromatic heterocycles. The first kappa shape index (κ1) is 44.3. The van der Waals surface area contributed by atoms with Crippen molar-refractivity contribution in [1.82, 2.24) is 30.6 Å². The van der Waals surface area contributed by atoms with Crippen LogP contribution in [0.3, 0.4) is 0 Å². The largest absolute Gasteiger partial charge is 0.448 e. The van der Waals surface area contributed by atoms with Crippen LogP contribution in [0.1, 0.15) is 41.8 Å². The lowest BCUT2D eigenvalue weighted by atomic mass is 10.2. The maximum absolute atomic E-state index is 12.9. The van der Waals surface area contributed by atoms with Crippen molar-refractivity contribution in [3.8, 4) is 0 Å². The zero-order valence-corrected chi connectivity index (χ0v) is 34.1. The summed E-state index contributed by atoms with van der Waals surface area (Å²) in [6.07, 6.45) is 0.365. The lowest BCUT2D eigenvalue weighted by Gasteiger charge is -2.35. The van der Waals surface area contributed by atoms with Crippen molar-refractivity contribution in [2.24, 2.45) is 0 Å². The number of nitrogens with zero attached hydrogens (tertiary/aromatic N) is 5. The Bertz CT molecular complexity index is 1680. The van der Waals surface area contributed by atoms with Crippen molar-refractivity contribution in [2.45, 2.75) is 40.2 Å². The highest BCUT2D eigenvalue weighted by molar-refractivity contribution is 7.17. The van der Waals surface area contributed by atoms with Crippen LogP contribution in [-0.2, 0) is 28.5 Å². The number of anilines is 4. The van der Waals surface area contributed by atoms with Gasteiger partial charge in [-0.3, -0.25) is 14.5 Å². The van der Waals surface area contributed by atoms with Gasteiger partial charge in [-0.1, -0.05) is 35.1 Å². The van der Waals surface area contributed by atoms with E-state index in [1.54, 1.807) is 26.8 Å². The van der Waals surface area contributed by atoms with Crippen molar-refractivity contribution in [2.75, 3.05) is 108 Å². The number of carbonyl (C=O) groups excluding carboxylic acids is 3. The Morgan fingerprint density at radius 2 is 1.59 bits per heavy atom. The van der Waals surface area contributed by atoms with Gasteiger partial charge in [-0.05, 0) is 46.2 Å². The average Bonchev–Trinajstić information content (AvgIpc) is 3.61. The van der Waals surface area contributed by atoms with Crippen molar-refractivity contribution in [1.29, 1.82) is 0 Å². The highest BCUT2D eigenvalue weighted by Gasteiger charge is 2.20. The molecule has 0 bridgehead atoms. The Balaban J connectivity index is 1.01. The normalized spacial score (nSPS) is 13.3. The van der Waals surface area contributed by atoms with Crippen molar-refractivity contribution in [3.05, 3.63) is 51.7 Å². The number of nitrogens with one attached hydrogen (secondary N) is 4. The van der Waals surface area contributed by atoms with E-state index in [9.17, 15) is 14.4 Å². The van der Waals surface area contributed by atoms with Gasteiger partial charge in [0, 0.05) is 45.3 Å². The number of hydrogen-bond acceptors (Lipinski definition) is 16. The van der Waals surface area contributed by atoms with E-state index in [1.807, 2.05) is 32.0 Å². The summed E-state index contributed by atoms with van der Waals surface area (Å²) in [5.74, 6) is 1.67. The minimum Gasteiger partial charge on any atom is -0.448 e. The summed E-state index contributed by atoms with van der Waals surface area (Å²) in [5.41, 5.74) is 3.03. The number of alkyl carbamates (subject to hydrolysis) is 1. The van der Waals surface area contributed by atoms with Gasteiger partial charge in [0.25, 0.3) is 5.91 Å². The third-order valence-electron chi connectivity index (χ3n) is 7.73. The first-order valence-electron chi connectivity index (χ1n) is 18.2. The first-order chi connectivity index (χ1) is 26.9. The van der Waals surface area contributed by atoms with Crippen LogP contribution in [0.25, 0.3) is 0 Å². The van der Waals surface area contributed by atoms with Gasteiger partial charge >= 0.3 is 12.2 Å². The highest BCUT2D eigenvalue weighted by atomic mass is 35.5. The van der Waals surface area contributed by atoms with Crippen LogP contribution in [0.15, 0.2) is 30.5 Å². The maximum atomic E-state index is 12.9. The molecule has 0 atom stereocenters. The number of halogens is 1. The highest BCUT2D eigenvalue weighted by Crippen LogP contribution is 2.28. The third kappa shape index (κ3) is 16.4. The Morgan fingerprint density at radius 1 is 0.893 bits per heavy atom. The van der Waals surface area contributed by atoms with Crippen LogP contribution < -0.4 is 26.3 Å². The van der Waals surface area contributed by atoms with Crippen LogP contribution in [-0.4, -0.2) is 136 Å². The fourth-order valence-corrected chi connectivity index (χ4v) is 6.07. The number of thiazole rings is 1. The lowest BCUT2D eigenvalue weighted by molar-refractivity contribution is -0.0353. The van der Waals surface area contributed by atoms with Crippen LogP contribution in [0.2, 0.25) is 5.02 Å². The summed E-state index contributed by atoms with van der Waals surface area (Å²) < 4.78 is 26.7. The summed E-state index contributed by atoms with van der Waals surface area (Å²) in [6, 6.07) is 7.31. The third-order valence-corrected chi connectivity index (χ3v) is 8.96. The predicted molar refractivity (Wildman–Crippen MR) is 212 cm³/mol. The molecule has 0 spiro atoms. The van der Waals surface area contributed by atoms with Crippen LogP contribution in [0.4, 0.5) is 32.0 Å². The zero-order valence-electron chi connectivity index (χ0n) is 32.5. The van der Waals surface area contributed by atoms with Gasteiger partial charge in [0.05, 0.1) is 63.2 Å². The molecule has 3 amide bonds. The fraction of sp³-hybridized carbons (Fsp3) is 0.556. The Morgan fingerprint density at radius 3 is 2.29 bits per heavy atom. The van der Waals surface area contributed by atoms with E-state index < -0.39 is 17.8 Å². The molecule has 0 saturated carbocycles. The van der Waals surface area contributed by atoms with Gasteiger partial charge in [-0.2, -0.15) is 5.48 Å². The molecule has 1 aliphatic rings. The minimum atomic E-state index is -0.656. The number of hydrogen-bond donors (Lipinski definition) is 4. The standard InChI is InChI=1S/C36H52ClN9O9S/c1-25-7-6-8-27(37)31(25)43-32(47)28-24-39-33(56-28)42-29-23-30(41-26(2)40-29)46-12-10-45(11-13-46)14-16-53-34(48)38-9-15-50-17-18-51-19-20-52-21-22-54-44-35(49)55-36(3,4)5/h6-8,23-24H,9-22H2,1-5H3,(H,38,48)(H,43,47)(H,44,49)(H,39,40,41,42). The van der Waals surface area contributed by atoms with Crippen molar-refractivity contribution >= 4 is 63.5 Å². The topological polar surface area (TPSA) is 200 Å². The number of hydroxylamine groups is 1. The minimum absolute atomic E-state index is 0.176. The van der Waals surface area contributed by atoms with Crippen LogP contribution in [0.5, 0.6) is 0 Å². The molecule has 4 N–H and O–H groups in total. The van der Waals surface area contributed by atoms with E-state index in [4.69, 9.17) is 40.1 Å². The van der Waals surface area contributed by atoms with Gasteiger partial charge in [0.15, 0.2) is 5.13 Å². The summed E-state index contributed by atoms with van der Waals surface area (Å²) in [7, 11) is 0. The van der Waals surface area contributed by atoms with Crippen molar-refractivity contribution in [3.63, 3.8) is 0 Å². The molecule has 1 saturated heterocycles. The van der Waals surface area contributed by atoms with Crippen LogP contribution >= 0.6 is 22.9 Å². The maximum Gasteiger partial charge on any atom is 0.431 e. The molecule has 18 nitrogen and oxygen atoms in total. The predicted octanol–water partition coefficient (Wildman–Crippen LogP) is 4.55. The van der Waals surface area contributed by atoms with E-state index in [-0.39, 0.29) is 25.7 Å². The number of ether oxygens (including phenoxy) is 5. The average molecular weight is 822 g/mol. The van der Waals surface area contributed by atoms with Gasteiger partial charge in [0.1, 0.15) is 34.5 Å². The molecular weight excluding hydrogens is 770 g/mol. The second kappa shape index (κ2) is 23.0. The van der Waals surface area contributed by atoms with Gasteiger partial charge < -0.3 is 44.5 Å². The SMILES string of the molecule is Cc1nc(Nc2ncc(C(=O)Nc3c(C)cccc3Cl)s2)cc(N2CCN(CCOC(=O)NCCOCCOCCOCCONC(=O)OC(C)(C)C)CC2)n1. The molecule has 0 aliphatic carbocycles. The van der Waals surface area contributed by atoms with E-state index in [2.05, 4.69) is 46.2 Å². The molecule has 56 heavy (non-hydrogen) atoms. The molecule has 4 rings (SSSR count). The fourth-order valence-electron chi connectivity index (χ4n) is 5.09. The van der Waals surface area contributed by atoms with Crippen molar-refractivity contribution < 1.29 is 42.9 Å². The molecule has 20 heteroatoms. The Hall–Kier alpha value is -4.37. The second-order valence-electron chi connectivity index (χ2n) is 13.4. The Kier molecular flexibility index (Phi) is 18.2. The molecule has 1 aromatic carbocycles. The molecule has 1 fully saturated rings. The lowest BCUT2D eigenvalue weighted by Crippen LogP contribution is -2.48. The monoisotopic (exact) mass is 821 g/mol. The van der Waals surface area contributed by atoms with Gasteiger partial charge in [0.2, 0.25) is 0 Å². The number of aryl methyl sites for hydroxylation is 2. The molecule has 308 valence electrons. The summed E-state index contributed by atoms with van der Waals surface area (Å²) in [6.45, 7) is 15.5. The first-order valence-corrected chi connectivity index (χ1v) is 19.4. The molecule has 3 aromatic rings. The van der Waals surface area contributed by atoms with Crippen LogP contribution in [0, 0.1) is 13.8 Å². The summed E-state index contributed by atoms with van der Waals surface area (Å²) in [4.78, 5) is 59.8. The number of rotatable bonds is 21. The molecular formula is C36H52ClN9O9S. The number of benzene rings is 1. The van der Waals surface area contributed by atoms with Gasteiger partial charge in [-0.25, -0.2) is 24.5 Å². The number of amides is 3. The summed E-state index contributed by atoms with van der Waals surface area (Å²) in [5, 5.41) is 9.76. The zero-order chi connectivity index (χ0) is 40.3. The van der Waals surface area contributed by atoms with E-state index >= 15 is 0 Å². The number of carbonyl (C=O) groups is 3. The molecule has 0 unspecified atom stereocenters.